The van der Waals surface area contributed by atoms with E-state index in [0.717, 1.165) is 11.0 Å². The summed E-state index contributed by atoms with van der Waals surface area (Å²) in [4.78, 5) is 0. The largest absolute Gasteiger partial charge is 0.342 e. The number of hydrogen-bond donors (Lipinski definition) is 2. The second kappa shape index (κ2) is 3.10. The molecule has 0 bridgehead atoms. The number of hydrazine groups is 1. The van der Waals surface area contributed by atoms with Crippen LogP contribution in [0.25, 0.3) is 0 Å². The molecule has 1 saturated carbocycles. The Bertz CT molecular complexity index is 221. The molecule has 0 amide bonds. The Morgan fingerprint density at radius 2 is 2.08 bits per heavy atom. The van der Waals surface area contributed by atoms with Crippen molar-refractivity contribution in [1.29, 1.82) is 0 Å². The van der Waals surface area contributed by atoms with Crippen molar-refractivity contribution in [3.05, 3.63) is 0 Å². The third-order valence-corrected chi connectivity index (χ3v) is 3.54. The summed E-state index contributed by atoms with van der Waals surface area (Å²) < 4.78 is 0. The second-order valence-electron chi connectivity index (χ2n) is 4.37. The molecule has 0 radical (unpaired) electrons. The molecule has 3 nitrogen and oxygen atoms in total. The molecular formula is C9H17N3S. The van der Waals surface area contributed by atoms with E-state index in [1.807, 2.05) is 12.1 Å². The SMILES string of the molecule is CC1CCC2(CC1)NC(=S)N(C)N2. The van der Waals surface area contributed by atoms with Crippen LogP contribution in [-0.2, 0) is 0 Å². The summed E-state index contributed by atoms with van der Waals surface area (Å²) in [5.41, 5.74) is 3.50. The van der Waals surface area contributed by atoms with Crippen molar-refractivity contribution in [2.75, 3.05) is 7.05 Å². The minimum atomic E-state index is 0.0817. The molecule has 1 aliphatic heterocycles. The van der Waals surface area contributed by atoms with Crippen molar-refractivity contribution in [2.24, 2.45) is 5.92 Å². The molecule has 0 aromatic carbocycles. The van der Waals surface area contributed by atoms with E-state index in [4.69, 9.17) is 12.2 Å². The first kappa shape index (κ1) is 9.21. The van der Waals surface area contributed by atoms with Crippen LogP contribution in [0.3, 0.4) is 0 Å². The summed E-state index contributed by atoms with van der Waals surface area (Å²) in [6.45, 7) is 2.32. The molecular weight excluding hydrogens is 182 g/mol. The van der Waals surface area contributed by atoms with E-state index in [2.05, 4.69) is 17.7 Å². The lowest BCUT2D eigenvalue weighted by molar-refractivity contribution is 0.154. The number of rotatable bonds is 0. The van der Waals surface area contributed by atoms with E-state index < -0.39 is 0 Å². The smallest absolute Gasteiger partial charge is 0.184 e. The standard InChI is InChI=1S/C9H17N3S/c1-7-3-5-9(6-4-7)10-8(13)12(2)11-9/h7,11H,3-6H2,1-2H3,(H,10,13). The summed E-state index contributed by atoms with van der Waals surface area (Å²) in [7, 11) is 1.97. The lowest BCUT2D eigenvalue weighted by Crippen LogP contribution is -2.52. The van der Waals surface area contributed by atoms with Gasteiger partial charge in [-0.1, -0.05) is 6.92 Å². The fourth-order valence-electron chi connectivity index (χ4n) is 2.18. The maximum Gasteiger partial charge on any atom is 0.184 e. The van der Waals surface area contributed by atoms with E-state index in [-0.39, 0.29) is 5.66 Å². The highest BCUT2D eigenvalue weighted by molar-refractivity contribution is 7.80. The Labute approximate surface area is 84.8 Å². The zero-order valence-corrected chi connectivity index (χ0v) is 9.08. The van der Waals surface area contributed by atoms with Gasteiger partial charge in [0.2, 0.25) is 0 Å². The highest BCUT2D eigenvalue weighted by atomic mass is 32.1. The average molecular weight is 199 g/mol. The average Bonchev–Trinajstić information content (AvgIpc) is 2.36. The molecule has 0 unspecified atom stereocenters. The molecule has 74 valence electrons. The van der Waals surface area contributed by atoms with E-state index >= 15 is 0 Å². The van der Waals surface area contributed by atoms with Gasteiger partial charge in [-0.25, -0.2) is 5.43 Å². The predicted octanol–water partition coefficient (Wildman–Crippen LogP) is 1.22. The van der Waals surface area contributed by atoms with Crippen molar-refractivity contribution in [1.82, 2.24) is 15.8 Å². The van der Waals surface area contributed by atoms with E-state index in [9.17, 15) is 0 Å². The molecule has 4 heteroatoms. The molecule has 1 saturated heterocycles. The Morgan fingerprint density at radius 3 is 2.54 bits per heavy atom. The fourth-order valence-corrected chi connectivity index (χ4v) is 2.42. The van der Waals surface area contributed by atoms with Crippen LogP contribution in [0.15, 0.2) is 0 Å². The Morgan fingerprint density at radius 1 is 1.46 bits per heavy atom. The van der Waals surface area contributed by atoms with Crippen LogP contribution in [0.4, 0.5) is 0 Å². The van der Waals surface area contributed by atoms with Crippen LogP contribution in [0.1, 0.15) is 32.6 Å². The summed E-state index contributed by atoms with van der Waals surface area (Å²) in [5.74, 6) is 0.869. The first-order chi connectivity index (χ1) is 6.11. The maximum atomic E-state index is 5.18. The lowest BCUT2D eigenvalue weighted by atomic mass is 9.83. The summed E-state index contributed by atoms with van der Waals surface area (Å²) in [6, 6.07) is 0. The van der Waals surface area contributed by atoms with E-state index in [1.54, 1.807) is 0 Å². The zero-order valence-electron chi connectivity index (χ0n) is 8.26. The highest BCUT2D eigenvalue weighted by Gasteiger charge is 2.40. The number of nitrogens with zero attached hydrogens (tertiary/aromatic N) is 1. The van der Waals surface area contributed by atoms with Gasteiger partial charge in [0.25, 0.3) is 0 Å². The van der Waals surface area contributed by atoms with Gasteiger partial charge in [0.05, 0.1) is 0 Å². The Hall–Kier alpha value is -0.350. The molecule has 1 heterocycles. The van der Waals surface area contributed by atoms with Gasteiger partial charge in [-0.2, -0.15) is 0 Å². The van der Waals surface area contributed by atoms with Gasteiger partial charge in [-0.3, -0.25) is 5.01 Å². The van der Waals surface area contributed by atoms with Gasteiger partial charge in [0, 0.05) is 7.05 Å². The van der Waals surface area contributed by atoms with Crippen molar-refractivity contribution in [3.63, 3.8) is 0 Å². The zero-order chi connectivity index (χ0) is 9.47. The minimum absolute atomic E-state index is 0.0817. The van der Waals surface area contributed by atoms with Crippen LogP contribution >= 0.6 is 12.2 Å². The fraction of sp³-hybridized carbons (Fsp3) is 0.889. The van der Waals surface area contributed by atoms with Gasteiger partial charge in [0.15, 0.2) is 5.11 Å². The summed E-state index contributed by atoms with van der Waals surface area (Å²) >= 11 is 5.18. The maximum absolute atomic E-state index is 5.18. The van der Waals surface area contributed by atoms with Gasteiger partial charge >= 0.3 is 0 Å². The van der Waals surface area contributed by atoms with Crippen LogP contribution in [0.2, 0.25) is 0 Å². The van der Waals surface area contributed by atoms with Crippen LogP contribution in [0.5, 0.6) is 0 Å². The normalized spacial score (nSPS) is 39.7. The number of hydrogen-bond acceptors (Lipinski definition) is 2. The molecule has 2 fully saturated rings. The van der Waals surface area contributed by atoms with E-state index in [1.165, 1.54) is 25.7 Å². The van der Waals surface area contributed by atoms with Crippen molar-refractivity contribution in [2.45, 2.75) is 38.3 Å². The highest BCUT2D eigenvalue weighted by Crippen LogP contribution is 2.32. The van der Waals surface area contributed by atoms with Crippen molar-refractivity contribution in [3.8, 4) is 0 Å². The molecule has 2 aliphatic rings. The summed E-state index contributed by atoms with van der Waals surface area (Å²) in [6.07, 6.45) is 4.93. The topological polar surface area (TPSA) is 27.3 Å². The van der Waals surface area contributed by atoms with Gasteiger partial charge in [-0.05, 0) is 43.8 Å². The van der Waals surface area contributed by atoms with Crippen molar-refractivity contribution >= 4 is 17.3 Å². The first-order valence-corrected chi connectivity index (χ1v) is 5.36. The molecule has 0 aromatic heterocycles. The quantitative estimate of drug-likeness (QED) is 0.574. The van der Waals surface area contributed by atoms with Crippen molar-refractivity contribution < 1.29 is 0 Å². The second-order valence-corrected chi connectivity index (χ2v) is 4.75. The Balaban J connectivity index is 2.03. The molecule has 2 rings (SSSR count). The lowest BCUT2D eigenvalue weighted by Gasteiger charge is -2.35. The van der Waals surface area contributed by atoms with Crippen LogP contribution in [-0.4, -0.2) is 22.8 Å². The molecule has 0 atom stereocenters. The van der Waals surface area contributed by atoms with Crippen LogP contribution < -0.4 is 10.7 Å². The number of thiocarbonyl (C=S) groups is 1. The third-order valence-electron chi connectivity index (χ3n) is 3.16. The summed E-state index contributed by atoms with van der Waals surface area (Å²) in [5, 5.41) is 6.14. The molecule has 1 aliphatic carbocycles. The molecule has 2 N–H and O–H groups in total. The third kappa shape index (κ3) is 1.65. The minimum Gasteiger partial charge on any atom is -0.342 e. The molecule has 0 aromatic rings. The molecule has 1 spiro atoms. The first-order valence-electron chi connectivity index (χ1n) is 4.95. The van der Waals surface area contributed by atoms with Gasteiger partial charge < -0.3 is 5.32 Å². The predicted molar refractivity (Wildman–Crippen MR) is 57.0 cm³/mol. The molecule has 13 heavy (non-hydrogen) atoms. The Kier molecular flexibility index (Phi) is 2.20. The van der Waals surface area contributed by atoms with Gasteiger partial charge in [0.1, 0.15) is 5.66 Å². The van der Waals surface area contributed by atoms with Crippen LogP contribution in [0, 0.1) is 5.92 Å². The monoisotopic (exact) mass is 199 g/mol. The number of nitrogens with one attached hydrogen (secondary N) is 2. The van der Waals surface area contributed by atoms with Gasteiger partial charge in [-0.15, -0.1) is 0 Å². The van der Waals surface area contributed by atoms with E-state index in [0.29, 0.717) is 0 Å².